The summed E-state index contributed by atoms with van der Waals surface area (Å²) in [6.45, 7) is 8.93. The summed E-state index contributed by atoms with van der Waals surface area (Å²) in [6, 6.07) is 10.1. The van der Waals surface area contributed by atoms with Crippen molar-refractivity contribution in [2.24, 2.45) is 0 Å². The van der Waals surface area contributed by atoms with Crippen LogP contribution in [0.5, 0.6) is 0 Å². The lowest BCUT2D eigenvalue weighted by atomic mass is 10.0. The molecular weight excluding hydrogens is 238 g/mol. The standard InChI is InChI=1S/C16H25NO2/c1-4-11-17(5-2)12-16(18)19-13-14(3)15-9-7-6-8-10-15/h6-10,14H,4-5,11-13H2,1-3H3. The summed E-state index contributed by atoms with van der Waals surface area (Å²) in [5.41, 5.74) is 1.20. The van der Waals surface area contributed by atoms with Crippen LogP contribution in [0.3, 0.4) is 0 Å². The Labute approximate surface area is 116 Å². The molecule has 0 N–H and O–H groups in total. The average Bonchev–Trinajstić information content (AvgIpc) is 2.45. The zero-order valence-corrected chi connectivity index (χ0v) is 12.3. The van der Waals surface area contributed by atoms with Gasteiger partial charge in [0.05, 0.1) is 13.2 Å². The van der Waals surface area contributed by atoms with Crippen molar-refractivity contribution < 1.29 is 9.53 Å². The van der Waals surface area contributed by atoms with Gasteiger partial charge in [-0.1, -0.05) is 51.1 Å². The van der Waals surface area contributed by atoms with E-state index in [0.29, 0.717) is 13.2 Å². The van der Waals surface area contributed by atoms with E-state index in [9.17, 15) is 4.79 Å². The highest BCUT2D eigenvalue weighted by atomic mass is 16.5. The van der Waals surface area contributed by atoms with Crippen molar-refractivity contribution in [1.82, 2.24) is 4.90 Å². The number of benzene rings is 1. The molecule has 0 amide bonds. The Morgan fingerprint density at radius 1 is 1.26 bits per heavy atom. The summed E-state index contributed by atoms with van der Waals surface area (Å²) in [5, 5.41) is 0. The van der Waals surface area contributed by atoms with Crippen LogP contribution in [-0.2, 0) is 9.53 Å². The number of hydrogen-bond donors (Lipinski definition) is 0. The zero-order valence-electron chi connectivity index (χ0n) is 12.3. The summed E-state index contributed by atoms with van der Waals surface area (Å²) >= 11 is 0. The summed E-state index contributed by atoms with van der Waals surface area (Å²) < 4.78 is 5.36. The third kappa shape index (κ3) is 5.88. The van der Waals surface area contributed by atoms with E-state index >= 15 is 0 Å². The first-order chi connectivity index (χ1) is 9.17. The second kappa shape index (κ2) is 8.70. The molecule has 1 unspecified atom stereocenters. The summed E-state index contributed by atoms with van der Waals surface area (Å²) in [4.78, 5) is 13.9. The fraction of sp³-hybridized carbons (Fsp3) is 0.562. The fourth-order valence-electron chi connectivity index (χ4n) is 1.99. The number of rotatable bonds is 8. The molecule has 0 bridgehead atoms. The van der Waals surface area contributed by atoms with Gasteiger partial charge >= 0.3 is 5.97 Å². The first kappa shape index (κ1) is 15.7. The van der Waals surface area contributed by atoms with Crippen LogP contribution in [0.25, 0.3) is 0 Å². The first-order valence-electron chi connectivity index (χ1n) is 7.10. The van der Waals surface area contributed by atoms with Gasteiger partial charge in [0.1, 0.15) is 0 Å². The van der Waals surface area contributed by atoms with Crippen molar-refractivity contribution in [3.05, 3.63) is 35.9 Å². The van der Waals surface area contributed by atoms with Gasteiger partial charge < -0.3 is 4.74 Å². The van der Waals surface area contributed by atoms with Gasteiger partial charge in [-0.15, -0.1) is 0 Å². The predicted octanol–water partition coefficient (Wildman–Crippen LogP) is 3.07. The largest absolute Gasteiger partial charge is 0.464 e. The van der Waals surface area contributed by atoms with Crippen LogP contribution in [-0.4, -0.2) is 37.1 Å². The number of hydrogen-bond acceptors (Lipinski definition) is 3. The van der Waals surface area contributed by atoms with E-state index in [1.54, 1.807) is 0 Å². The SMILES string of the molecule is CCCN(CC)CC(=O)OCC(C)c1ccccc1. The maximum absolute atomic E-state index is 11.8. The molecule has 3 nitrogen and oxygen atoms in total. The Hall–Kier alpha value is -1.35. The second-order valence-electron chi connectivity index (χ2n) is 4.86. The molecule has 3 heteroatoms. The summed E-state index contributed by atoms with van der Waals surface area (Å²) in [6.07, 6.45) is 1.06. The number of ether oxygens (including phenoxy) is 1. The van der Waals surface area contributed by atoms with Crippen LogP contribution in [0, 0.1) is 0 Å². The quantitative estimate of drug-likeness (QED) is 0.675. The van der Waals surface area contributed by atoms with Crippen LogP contribution in [0.4, 0.5) is 0 Å². The highest BCUT2D eigenvalue weighted by molar-refractivity contribution is 5.71. The molecule has 1 aromatic carbocycles. The van der Waals surface area contributed by atoms with Crippen LogP contribution in [0.1, 0.15) is 38.7 Å². The van der Waals surface area contributed by atoms with Gasteiger partial charge in [0.15, 0.2) is 0 Å². The van der Waals surface area contributed by atoms with E-state index in [0.717, 1.165) is 19.5 Å². The monoisotopic (exact) mass is 263 g/mol. The van der Waals surface area contributed by atoms with E-state index in [4.69, 9.17) is 4.74 Å². The number of nitrogens with zero attached hydrogens (tertiary/aromatic N) is 1. The van der Waals surface area contributed by atoms with Crippen molar-refractivity contribution in [3.63, 3.8) is 0 Å². The Morgan fingerprint density at radius 3 is 2.53 bits per heavy atom. The van der Waals surface area contributed by atoms with Crippen LogP contribution >= 0.6 is 0 Å². The molecule has 0 aliphatic carbocycles. The second-order valence-corrected chi connectivity index (χ2v) is 4.86. The number of carbonyl (C=O) groups is 1. The smallest absolute Gasteiger partial charge is 0.320 e. The molecule has 0 heterocycles. The molecule has 1 rings (SSSR count). The number of carbonyl (C=O) groups excluding carboxylic acids is 1. The molecule has 0 saturated carbocycles. The Kier molecular flexibility index (Phi) is 7.19. The van der Waals surface area contributed by atoms with Crippen LogP contribution < -0.4 is 0 Å². The van der Waals surface area contributed by atoms with Crippen molar-refractivity contribution in [3.8, 4) is 0 Å². The van der Waals surface area contributed by atoms with Crippen molar-refractivity contribution >= 4 is 5.97 Å². The van der Waals surface area contributed by atoms with Crippen molar-refractivity contribution in [2.75, 3.05) is 26.2 Å². The van der Waals surface area contributed by atoms with Crippen molar-refractivity contribution in [2.45, 2.75) is 33.1 Å². The van der Waals surface area contributed by atoms with Gasteiger partial charge in [0, 0.05) is 5.92 Å². The minimum Gasteiger partial charge on any atom is -0.464 e. The molecule has 0 fully saturated rings. The summed E-state index contributed by atoms with van der Waals surface area (Å²) in [5.74, 6) is 0.115. The highest BCUT2D eigenvalue weighted by Gasteiger charge is 2.12. The molecular formula is C16H25NO2. The third-order valence-corrected chi connectivity index (χ3v) is 3.20. The topological polar surface area (TPSA) is 29.5 Å². The molecule has 0 radical (unpaired) electrons. The average molecular weight is 263 g/mol. The lowest BCUT2D eigenvalue weighted by Crippen LogP contribution is -2.32. The Bertz CT molecular complexity index is 364. The van der Waals surface area contributed by atoms with E-state index in [2.05, 4.69) is 37.8 Å². The molecule has 1 aromatic rings. The van der Waals surface area contributed by atoms with Gasteiger partial charge in [-0.25, -0.2) is 0 Å². The van der Waals surface area contributed by atoms with Gasteiger partial charge in [-0.2, -0.15) is 0 Å². The number of esters is 1. The predicted molar refractivity (Wildman–Crippen MR) is 78.2 cm³/mol. The van der Waals surface area contributed by atoms with Crippen LogP contribution in [0.2, 0.25) is 0 Å². The fourth-order valence-corrected chi connectivity index (χ4v) is 1.99. The molecule has 1 atom stereocenters. The first-order valence-corrected chi connectivity index (χ1v) is 7.10. The minimum atomic E-state index is -0.127. The highest BCUT2D eigenvalue weighted by Crippen LogP contribution is 2.14. The van der Waals surface area contributed by atoms with Gasteiger partial charge in [0.2, 0.25) is 0 Å². The molecule has 0 spiro atoms. The lowest BCUT2D eigenvalue weighted by molar-refractivity contribution is -0.145. The Morgan fingerprint density at radius 2 is 1.95 bits per heavy atom. The van der Waals surface area contributed by atoms with E-state index < -0.39 is 0 Å². The third-order valence-electron chi connectivity index (χ3n) is 3.20. The lowest BCUT2D eigenvalue weighted by Gasteiger charge is -2.19. The number of likely N-dealkylation sites (N-methyl/N-ethyl adjacent to an activating group) is 1. The molecule has 106 valence electrons. The Balaban J connectivity index is 2.33. The normalized spacial score (nSPS) is 12.4. The van der Waals surface area contributed by atoms with E-state index in [1.165, 1.54) is 5.56 Å². The maximum atomic E-state index is 11.8. The molecule has 19 heavy (non-hydrogen) atoms. The zero-order chi connectivity index (χ0) is 14.1. The summed E-state index contributed by atoms with van der Waals surface area (Å²) in [7, 11) is 0. The van der Waals surface area contributed by atoms with Gasteiger partial charge in [-0.3, -0.25) is 9.69 Å². The molecule has 0 aromatic heterocycles. The van der Waals surface area contributed by atoms with Gasteiger partial charge in [0.25, 0.3) is 0 Å². The van der Waals surface area contributed by atoms with Crippen LogP contribution in [0.15, 0.2) is 30.3 Å². The molecule has 0 aliphatic heterocycles. The maximum Gasteiger partial charge on any atom is 0.320 e. The molecule has 0 saturated heterocycles. The molecule has 0 aliphatic rings. The minimum absolute atomic E-state index is 0.127. The van der Waals surface area contributed by atoms with Gasteiger partial charge in [-0.05, 0) is 25.1 Å². The van der Waals surface area contributed by atoms with E-state index in [1.807, 2.05) is 18.2 Å². The van der Waals surface area contributed by atoms with Crippen molar-refractivity contribution in [1.29, 1.82) is 0 Å². The van der Waals surface area contributed by atoms with E-state index in [-0.39, 0.29) is 11.9 Å².